The van der Waals surface area contributed by atoms with Crippen molar-refractivity contribution >= 4 is 23.2 Å². The minimum atomic E-state index is -1.44. The van der Waals surface area contributed by atoms with Crippen LogP contribution in [0.3, 0.4) is 0 Å². The highest BCUT2D eigenvalue weighted by atomic mass is 16.6. The van der Waals surface area contributed by atoms with Gasteiger partial charge in [0.05, 0.1) is 17.4 Å². The van der Waals surface area contributed by atoms with E-state index in [1.165, 1.54) is 44.4 Å². The molecular formula is C16H15NO7. The SMILES string of the molecule is COc1ccc([N+](=O)[O-])cc1C1=CC(C)(C(=O)O)CC(C(=O)O)=C1. The van der Waals surface area contributed by atoms with Gasteiger partial charge in [-0.1, -0.05) is 6.08 Å². The number of nitrogens with zero attached hydrogens (tertiary/aromatic N) is 1. The summed E-state index contributed by atoms with van der Waals surface area (Å²) in [4.78, 5) is 33.3. The van der Waals surface area contributed by atoms with Crippen LogP contribution in [0.15, 0.2) is 35.9 Å². The van der Waals surface area contributed by atoms with Crippen LogP contribution >= 0.6 is 0 Å². The molecule has 0 aliphatic heterocycles. The Labute approximate surface area is 136 Å². The normalized spacial score (nSPS) is 19.9. The minimum absolute atomic E-state index is 0.0917. The van der Waals surface area contributed by atoms with Crippen LogP contribution in [0.2, 0.25) is 0 Å². The lowest BCUT2D eigenvalue weighted by molar-refractivity contribution is -0.384. The van der Waals surface area contributed by atoms with Gasteiger partial charge in [-0.2, -0.15) is 0 Å². The van der Waals surface area contributed by atoms with Gasteiger partial charge in [0, 0.05) is 23.3 Å². The maximum atomic E-state index is 11.5. The summed E-state index contributed by atoms with van der Waals surface area (Å²) < 4.78 is 5.17. The molecule has 0 amide bonds. The van der Waals surface area contributed by atoms with Crippen LogP contribution in [0, 0.1) is 15.5 Å². The van der Waals surface area contributed by atoms with Gasteiger partial charge < -0.3 is 14.9 Å². The first kappa shape index (κ1) is 17.2. The molecule has 24 heavy (non-hydrogen) atoms. The molecule has 1 aliphatic rings. The molecule has 0 aromatic heterocycles. The van der Waals surface area contributed by atoms with Crippen LogP contribution in [0.1, 0.15) is 18.9 Å². The number of rotatable bonds is 5. The highest BCUT2D eigenvalue weighted by Crippen LogP contribution is 2.40. The minimum Gasteiger partial charge on any atom is -0.496 e. The van der Waals surface area contributed by atoms with E-state index in [0.717, 1.165) is 0 Å². The molecule has 1 aliphatic carbocycles. The summed E-state index contributed by atoms with van der Waals surface area (Å²) in [6.07, 6.45) is 2.52. The third-order valence-corrected chi connectivity index (χ3v) is 3.83. The van der Waals surface area contributed by atoms with Gasteiger partial charge in [0.15, 0.2) is 0 Å². The lowest BCUT2D eigenvalue weighted by Gasteiger charge is -2.27. The molecule has 0 radical (unpaired) electrons. The van der Waals surface area contributed by atoms with E-state index >= 15 is 0 Å². The number of nitro groups is 1. The number of hydrogen-bond acceptors (Lipinski definition) is 5. The fourth-order valence-electron chi connectivity index (χ4n) is 2.54. The average Bonchev–Trinajstić information content (AvgIpc) is 2.53. The van der Waals surface area contributed by atoms with Crippen molar-refractivity contribution in [2.45, 2.75) is 13.3 Å². The third-order valence-electron chi connectivity index (χ3n) is 3.83. The van der Waals surface area contributed by atoms with Crippen molar-refractivity contribution in [3.63, 3.8) is 0 Å². The second-order valence-electron chi connectivity index (χ2n) is 5.62. The van der Waals surface area contributed by atoms with Gasteiger partial charge in [-0.3, -0.25) is 14.9 Å². The van der Waals surface area contributed by atoms with E-state index in [-0.39, 0.29) is 34.6 Å². The summed E-state index contributed by atoms with van der Waals surface area (Å²) in [5.41, 5.74) is -1.22. The van der Waals surface area contributed by atoms with E-state index in [1.807, 2.05) is 0 Å². The molecule has 1 atom stereocenters. The molecule has 0 heterocycles. The predicted molar refractivity (Wildman–Crippen MR) is 83.7 cm³/mol. The van der Waals surface area contributed by atoms with Crippen molar-refractivity contribution in [2.24, 2.45) is 5.41 Å². The Morgan fingerprint density at radius 1 is 1.33 bits per heavy atom. The molecule has 0 saturated heterocycles. The van der Waals surface area contributed by atoms with Gasteiger partial charge in [-0.25, -0.2) is 4.79 Å². The summed E-state index contributed by atoms with van der Waals surface area (Å²) in [6, 6.07) is 3.87. The van der Waals surface area contributed by atoms with Crippen molar-refractivity contribution in [2.75, 3.05) is 7.11 Å². The summed E-state index contributed by atoms with van der Waals surface area (Å²) in [6.45, 7) is 1.40. The Morgan fingerprint density at radius 2 is 2.00 bits per heavy atom. The van der Waals surface area contributed by atoms with E-state index in [0.29, 0.717) is 0 Å². The first-order valence-corrected chi connectivity index (χ1v) is 6.91. The molecule has 0 saturated carbocycles. The van der Waals surface area contributed by atoms with E-state index in [4.69, 9.17) is 4.74 Å². The molecule has 0 fully saturated rings. The Hall–Kier alpha value is -3.16. The maximum Gasteiger partial charge on any atom is 0.331 e. The molecule has 1 unspecified atom stereocenters. The van der Waals surface area contributed by atoms with Crippen LogP contribution in [0.5, 0.6) is 5.75 Å². The Bertz CT molecular complexity index is 794. The Kier molecular flexibility index (Phi) is 4.41. The summed E-state index contributed by atoms with van der Waals surface area (Å²) >= 11 is 0. The van der Waals surface area contributed by atoms with Gasteiger partial charge in [-0.05, 0) is 31.1 Å². The number of methoxy groups -OCH3 is 1. The number of nitro benzene ring substituents is 1. The molecule has 0 spiro atoms. The molecule has 1 aromatic carbocycles. The second-order valence-corrected chi connectivity index (χ2v) is 5.62. The molecule has 2 rings (SSSR count). The van der Waals surface area contributed by atoms with E-state index < -0.39 is 22.3 Å². The molecule has 8 heteroatoms. The fraction of sp³-hybridized carbons (Fsp3) is 0.250. The maximum absolute atomic E-state index is 11.5. The molecule has 8 nitrogen and oxygen atoms in total. The number of allylic oxidation sites excluding steroid dienone is 2. The summed E-state index contributed by atoms with van der Waals surface area (Å²) in [5, 5.41) is 29.7. The number of non-ortho nitro benzene ring substituents is 1. The number of hydrogen-bond donors (Lipinski definition) is 2. The van der Waals surface area contributed by atoms with E-state index in [1.54, 1.807) is 0 Å². The van der Waals surface area contributed by atoms with E-state index in [2.05, 4.69) is 0 Å². The zero-order valence-electron chi connectivity index (χ0n) is 13.0. The number of carboxylic acid groups (broad SMARTS) is 2. The lowest BCUT2D eigenvalue weighted by Crippen LogP contribution is -2.29. The van der Waals surface area contributed by atoms with Crippen molar-refractivity contribution in [3.8, 4) is 5.75 Å². The highest BCUT2D eigenvalue weighted by Gasteiger charge is 2.37. The van der Waals surface area contributed by atoms with Gasteiger partial charge >= 0.3 is 11.9 Å². The van der Waals surface area contributed by atoms with E-state index in [9.17, 15) is 29.9 Å². The zero-order valence-corrected chi connectivity index (χ0v) is 13.0. The molecular weight excluding hydrogens is 318 g/mol. The third kappa shape index (κ3) is 3.12. The Morgan fingerprint density at radius 3 is 2.50 bits per heavy atom. The highest BCUT2D eigenvalue weighted by molar-refractivity contribution is 5.96. The average molecular weight is 333 g/mol. The van der Waals surface area contributed by atoms with Crippen LogP contribution in [-0.4, -0.2) is 34.2 Å². The summed E-state index contributed by atoms with van der Waals surface area (Å²) in [7, 11) is 1.37. The smallest absolute Gasteiger partial charge is 0.331 e. The van der Waals surface area contributed by atoms with Gasteiger partial charge in [0.1, 0.15) is 5.75 Å². The summed E-state index contributed by atoms with van der Waals surface area (Å²) in [5.74, 6) is -2.14. The van der Waals surface area contributed by atoms with Gasteiger partial charge in [0.2, 0.25) is 0 Å². The number of carboxylic acids is 2. The first-order chi connectivity index (χ1) is 11.2. The van der Waals surface area contributed by atoms with Crippen molar-refractivity contribution in [3.05, 3.63) is 51.6 Å². The number of ether oxygens (including phenoxy) is 1. The van der Waals surface area contributed by atoms with Crippen molar-refractivity contribution in [1.29, 1.82) is 0 Å². The quantitative estimate of drug-likeness (QED) is 0.626. The largest absolute Gasteiger partial charge is 0.496 e. The van der Waals surface area contributed by atoms with Crippen LogP contribution in [0.25, 0.3) is 5.57 Å². The Balaban J connectivity index is 2.69. The molecule has 1 aromatic rings. The van der Waals surface area contributed by atoms with Crippen molar-refractivity contribution < 1.29 is 29.5 Å². The fourth-order valence-corrected chi connectivity index (χ4v) is 2.54. The van der Waals surface area contributed by atoms with Crippen LogP contribution in [-0.2, 0) is 9.59 Å². The topological polar surface area (TPSA) is 127 Å². The van der Waals surface area contributed by atoms with Crippen LogP contribution in [0.4, 0.5) is 5.69 Å². The predicted octanol–water partition coefficient (Wildman–Crippen LogP) is 2.49. The van der Waals surface area contributed by atoms with Crippen LogP contribution < -0.4 is 4.74 Å². The first-order valence-electron chi connectivity index (χ1n) is 6.91. The van der Waals surface area contributed by atoms with Crippen molar-refractivity contribution in [1.82, 2.24) is 0 Å². The molecule has 126 valence electrons. The monoisotopic (exact) mass is 333 g/mol. The molecule has 0 bridgehead atoms. The molecule has 2 N–H and O–H groups in total. The number of carbonyl (C=O) groups is 2. The number of benzene rings is 1. The standard InChI is InChI=1S/C16H15NO7/c1-16(15(20)21)7-9(5-10(8-16)14(18)19)12-6-11(17(22)23)3-4-13(12)24-2/h3-7H,8H2,1-2H3,(H,18,19)(H,20,21). The second kappa shape index (κ2) is 6.15. The van der Waals surface area contributed by atoms with Gasteiger partial charge in [-0.15, -0.1) is 0 Å². The zero-order chi connectivity index (χ0) is 18.1. The number of aliphatic carboxylic acids is 2. The van der Waals surface area contributed by atoms with Gasteiger partial charge in [0.25, 0.3) is 5.69 Å². The lowest BCUT2D eigenvalue weighted by atomic mass is 9.76.